The Hall–Kier alpha value is -1.07. The zero-order chi connectivity index (χ0) is 10.3. The molecule has 2 aromatic heterocycles. The Morgan fingerprint density at radius 2 is 2.36 bits per heavy atom. The van der Waals surface area contributed by atoms with Crippen molar-refractivity contribution in [2.24, 2.45) is 0 Å². The lowest BCUT2D eigenvalue weighted by atomic mass is 10.3. The van der Waals surface area contributed by atoms with E-state index < -0.39 is 5.97 Å². The van der Waals surface area contributed by atoms with Gasteiger partial charge in [0.25, 0.3) is 0 Å². The highest BCUT2D eigenvalue weighted by Crippen LogP contribution is 2.24. The zero-order valence-corrected chi connectivity index (χ0v) is 9.08. The molecular weight excluding hydrogens is 271 g/mol. The lowest BCUT2D eigenvalue weighted by Gasteiger charge is -1.98. The molecule has 4 nitrogen and oxygen atoms in total. The van der Waals surface area contributed by atoms with Gasteiger partial charge in [-0.3, -0.25) is 0 Å². The number of nitrogens with zero attached hydrogens (tertiary/aromatic N) is 2. The molecule has 0 saturated carbocycles. The Balaban J connectivity index is 2.80. The fourth-order valence-electron chi connectivity index (χ4n) is 1.14. The van der Waals surface area contributed by atoms with E-state index in [0.717, 1.165) is 0 Å². The molecule has 0 amide bonds. The molecule has 0 saturated heterocycles. The van der Waals surface area contributed by atoms with Crippen LogP contribution in [0.15, 0.2) is 22.9 Å². The van der Waals surface area contributed by atoms with Gasteiger partial charge in [0.15, 0.2) is 0 Å². The minimum absolute atomic E-state index is 0.138. The van der Waals surface area contributed by atoms with E-state index in [-0.39, 0.29) is 5.56 Å². The summed E-state index contributed by atoms with van der Waals surface area (Å²) in [6.45, 7) is 0. The molecule has 2 heterocycles. The Kier molecular flexibility index (Phi) is 2.20. The number of hydrogen-bond donors (Lipinski definition) is 1. The minimum atomic E-state index is -1.02. The quantitative estimate of drug-likeness (QED) is 0.870. The fraction of sp³-hybridized carbons (Fsp3) is 0. The van der Waals surface area contributed by atoms with Crippen LogP contribution in [0.4, 0.5) is 0 Å². The van der Waals surface area contributed by atoms with E-state index >= 15 is 0 Å². The maximum Gasteiger partial charge on any atom is 0.339 e. The molecule has 2 aromatic rings. The van der Waals surface area contributed by atoms with Crippen molar-refractivity contribution in [2.75, 3.05) is 0 Å². The number of carboxylic acid groups (broad SMARTS) is 1. The second-order valence-electron chi connectivity index (χ2n) is 2.66. The van der Waals surface area contributed by atoms with Gasteiger partial charge in [0, 0.05) is 6.20 Å². The second kappa shape index (κ2) is 3.25. The standard InChI is InChI=1S/C8H4BrClN2O2/c9-5-3-12-7(1-6(5)10)4(2-11-12)8(13)14/h1-3H,(H,13,14). The number of carboxylic acids is 1. The molecule has 14 heavy (non-hydrogen) atoms. The minimum Gasteiger partial charge on any atom is -0.478 e. The molecule has 0 bridgehead atoms. The first-order valence-electron chi connectivity index (χ1n) is 3.65. The highest BCUT2D eigenvalue weighted by Gasteiger charge is 2.12. The first-order valence-corrected chi connectivity index (χ1v) is 4.82. The molecule has 0 aliphatic heterocycles. The summed E-state index contributed by atoms with van der Waals surface area (Å²) >= 11 is 9.06. The molecule has 0 spiro atoms. The third-order valence-corrected chi connectivity index (χ3v) is 2.96. The number of carbonyl (C=O) groups is 1. The Morgan fingerprint density at radius 3 is 3.00 bits per heavy atom. The number of aromatic carboxylic acids is 1. The fourth-order valence-corrected chi connectivity index (χ4v) is 1.60. The number of rotatable bonds is 1. The molecular formula is C8H4BrClN2O2. The monoisotopic (exact) mass is 274 g/mol. The zero-order valence-electron chi connectivity index (χ0n) is 6.74. The van der Waals surface area contributed by atoms with Gasteiger partial charge in [0.1, 0.15) is 5.56 Å². The molecule has 0 aromatic carbocycles. The van der Waals surface area contributed by atoms with Crippen LogP contribution in [-0.4, -0.2) is 20.7 Å². The average molecular weight is 275 g/mol. The van der Waals surface area contributed by atoms with Crippen LogP contribution in [-0.2, 0) is 0 Å². The Bertz CT molecular complexity index is 523. The summed E-state index contributed by atoms with van der Waals surface area (Å²) in [6, 6.07) is 1.56. The number of halogens is 2. The van der Waals surface area contributed by atoms with E-state index in [1.807, 2.05) is 0 Å². The van der Waals surface area contributed by atoms with E-state index in [4.69, 9.17) is 16.7 Å². The molecule has 0 unspecified atom stereocenters. The molecule has 2 rings (SSSR count). The summed E-state index contributed by atoms with van der Waals surface area (Å²) in [4.78, 5) is 10.8. The molecule has 6 heteroatoms. The van der Waals surface area contributed by atoms with Crippen LogP contribution >= 0.6 is 27.5 Å². The number of fused-ring (bicyclic) bond motifs is 1. The van der Waals surface area contributed by atoms with Crippen LogP contribution in [0.25, 0.3) is 5.52 Å². The molecule has 0 radical (unpaired) electrons. The van der Waals surface area contributed by atoms with Gasteiger partial charge in [-0.25, -0.2) is 9.31 Å². The molecule has 0 atom stereocenters. The second-order valence-corrected chi connectivity index (χ2v) is 3.92. The molecule has 0 aliphatic rings. The topological polar surface area (TPSA) is 54.6 Å². The van der Waals surface area contributed by atoms with E-state index in [2.05, 4.69) is 21.0 Å². The van der Waals surface area contributed by atoms with Crippen molar-refractivity contribution in [2.45, 2.75) is 0 Å². The Morgan fingerprint density at radius 1 is 1.64 bits per heavy atom. The molecule has 1 N–H and O–H groups in total. The summed E-state index contributed by atoms with van der Waals surface area (Å²) in [6.07, 6.45) is 2.91. The molecule has 72 valence electrons. The summed E-state index contributed by atoms with van der Waals surface area (Å²) in [5.74, 6) is -1.02. The third kappa shape index (κ3) is 1.38. The first kappa shape index (κ1) is 9.48. The lowest BCUT2D eigenvalue weighted by molar-refractivity contribution is 0.0699. The van der Waals surface area contributed by atoms with E-state index in [9.17, 15) is 4.79 Å². The molecule has 0 fully saturated rings. The summed E-state index contributed by atoms with van der Waals surface area (Å²) in [5, 5.41) is 13.2. The van der Waals surface area contributed by atoms with Gasteiger partial charge in [-0.1, -0.05) is 11.6 Å². The van der Waals surface area contributed by atoms with Crippen molar-refractivity contribution in [3.05, 3.63) is 33.5 Å². The van der Waals surface area contributed by atoms with Crippen LogP contribution in [0.5, 0.6) is 0 Å². The largest absolute Gasteiger partial charge is 0.478 e. The predicted octanol–water partition coefficient (Wildman–Crippen LogP) is 2.45. The van der Waals surface area contributed by atoms with E-state index in [1.165, 1.54) is 10.7 Å². The van der Waals surface area contributed by atoms with E-state index in [0.29, 0.717) is 15.0 Å². The number of hydrogen-bond acceptors (Lipinski definition) is 2. The maximum atomic E-state index is 10.8. The average Bonchev–Trinajstić information content (AvgIpc) is 2.48. The third-order valence-electron chi connectivity index (χ3n) is 1.79. The SMILES string of the molecule is O=C(O)c1cnn2cc(Br)c(Cl)cc12. The van der Waals surface area contributed by atoms with Crippen molar-refractivity contribution in [1.82, 2.24) is 9.61 Å². The van der Waals surface area contributed by atoms with Gasteiger partial charge in [0.05, 0.1) is 21.2 Å². The summed E-state index contributed by atoms with van der Waals surface area (Å²) in [7, 11) is 0. The van der Waals surface area contributed by atoms with Gasteiger partial charge in [0.2, 0.25) is 0 Å². The van der Waals surface area contributed by atoms with Crippen LogP contribution < -0.4 is 0 Å². The van der Waals surface area contributed by atoms with Gasteiger partial charge in [-0.2, -0.15) is 5.10 Å². The van der Waals surface area contributed by atoms with Gasteiger partial charge in [-0.05, 0) is 22.0 Å². The van der Waals surface area contributed by atoms with Gasteiger partial charge in [-0.15, -0.1) is 0 Å². The number of pyridine rings is 1. The summed E-state index contributed by atoms with van der Waals surface area (Å²) < 4.78 is 2.13. The van der Waals surface area contributed by atoms with E-state index in [1.54, 1.807) is 12.3 Å². The van der Waals surface area contributed by atoms with Crippen molar-refractivity contribution < 1.29 is 9.90 Å². The van der Waals surface area contributed by atoms with Gasteiger partial charge < -0.3 is 5.11 Å². The van der Waals surface area contributed by atoms with Crippen molar-refractivity contribution in [3.8, 4) is 0 Å². The van der Waals surface area contributed by atoms with Crippen molar-refractivity contribution in [1.29, 1.82) is 0 Å². The highest BCUT2D eigenvalue weighted by atomic mass is 79.9. The lowest BCUT2D eigenvalue weighted by Crippen LogP contribution is -1.95. The maximum absolute atomic E-state index is 10.8. The highest BCUT2D eigenvalue weighted by molar-refractivity contribution is 9.10. The van der Waals surface area contributed by atoms with Crippen molar-refractivity contribution in [3.63, 3.8) is 0 Å². The first-order chi connectivity index (χ1) is 6.59. The van der Waals surface area contributed by atoms with Crippen LogP contribution in [0.2, 0.25) is 5.02 Å². The van der Waals surface area contributed by atoms with Crippen molar-refractivity contribution >= 4 is 39.0 Å². The number of aromatic nitrogens is 2. The normalized spacial score (nSPS) is 10.7. The molecule has 0 aliphatic carbocycles. The van der Waals surface area contributed by atoms with Crippen LogP contribution in [0, 0.1) is 0 Å². The summed E-state index contributed by atoms with van der Waals surface area (Å²) in [5.41, 5.74) is 0.616. The Labute approximate surface area is 92.2 Å². The smallest absolute Gasteiger partial charge is 0.339 e. The predicted molar refractivity (Wildman–Crippen MR) is 54.9 cm³/mol. The van der Waals surface area contributed by atoms with Crippen LogP contribution in [0.1, 0.15) is 10.4 Å². The van der Waals surface area contributed by atoms with Crippen LogP contribution in [0.3, 0.4) is 0 Å². The van der Waals surface area contributed by atoms with Gasteiger partial charge >= 0.3 is 5.97 Å².